The Morgan fingerprint density at radius 2 is 1.46 bits per heavy atom. The molecule has 3 heteroatoms. The molecule has 0 radical (unpaired) electrons. The average molecular weight is 347 g/mol. The molecule has 2 aromatic carbocycles. The highest BCUT2D eigenvalue weighted by Crippen LogP contribution is 2.21. The summed E-state index contributed by atoms with van der Waals surface area (Å²) in [5.41, 5.74) is 4.79. The van der Waals surface area contributed by atoms with Crippen LogP contribution in [0.25, 0.3) is 11.1 Å². The van der Waals surface area contributed by atoms with Crippen LogP contribution in [0.3, 0.4) is 0 Å². The molecule has 0 aliphatic rings. The zero-order valence-corrected chi connectivity index (χ0v) is 14.6. The van der Waals surface area contributed by atoms with Gasteiger partial charge in [-0.3, -0.25) is 0 Å². The summed E-state index contributed by atoms with van der Waals surface area (Å²) in [5, 5.41) is 0. The Balaban J connectivity index is 1.72. The highest BCUT2D eigenvalue weighted by molar-refractivity contribution is 5.64. The number of halogens is 2. The van der Waals surface area contributed by atoms with Crippen molar-refractivity contribution in [3.8, 4) is 23.0 Å². The van der Waals surface area contributed by atoms with Crippen LogP contribution < -0.4 is 0 Å². The minimum Gasteiger partial charge on any atom is -0.224 e. The van der Waals surface area contributed by atoms with Gasteiger partial charge in [-0.15, -0.1) is 0 Å². The van der Waals surface area contributed by atoms with Crippen LogP contribution in [0.1, 0.15) is 36.5 Å². The molecule has 0 unspecified atom stereocenters. The smallest absolute Gasteiger partial charge is 0.224 e. The first-order valence-electron chi connectivity index (χ1n) is 8.68. The number of aryl methyl sites for hydroxylation is 1. The Morgan fingerprint density at radius 3 is 2.08 bits per heavy atom. The van der Waals surface area contributed by atoms with Crippen molar-refractivity contribution in [1.29, 1.82) is 0 Å². The third-order valence-corrected chi connectivity index (χ3v) is 4.14. The summed E-state index contributed by atoms with van der Waals surface area (Å²) in [6.45, 7) is 2.20. The van der Waals surface area contributed by atoms with Crippen LogP contribution in [-0.4, -0.2) is 4.98 Å². The van der Waals surface area contributed by atoms with Crippen molar-refractivity contribution in [2.75, 3.05) is 0 Å². The minimum atomic E-state index is -1.11. The lowest BCUT2D eigenvalue weighted by Gasteiger charge is -2.04. The monoisotopic (exact) mass is 347 g/mol. The van der Waals surface area contributed by atoms with Gasteiger partial charge in [0.2, 0.25) is 5.95 Å². The summed E-state index contributed by atoms with van der Waals surface area (Å²) in [5.74, 6) is 3.63. The highest BCUT2D eigenvalue weighted by Gasteiger charge is 2.02. The van der Waals surface area contributed by atoms with Crippen LogP contribution in [0.2, 0.25) is 0 Å². The summed E-state index contributed by atoms with van der Waals surface area (Å²) in [6, 6.07) is 17.5. The SMILES string of the molecule is CCCCc1ccc(-c2ccc(C#Cc3cnc(F)c(F)c3)cc2)cc1. The molecule has 0 spiro atoms. The van der Waals surface area contributed by atoms with Gasteiger partial charge in [-0.05, 0) is 47.7 Å². The molecule has 0 bridgehead atoms. The highest BCUT2D eigenvalue weighted by atomic mass is 19.2. The number of aromatic nitrogens is 1. The predicted molar refractivity (Wildman–Crippen MR) is 101 cm³/mol. The summed E-state index contributed by atoms with van der Waals surface area (Å²) >= 11 is 0. The van der Waals surface area contributed by atoms with Crippen molar-refractivity contribution in [2.24, 2.45) is 0 Å². The van der Waals surface area contributed by atoms with Gasteiger partial charge in [-0.1, -0.05) is 61.6 Å². The van der Waals surface area contributed by atoms with Crippen LogP contribution >= 0.6 is 0 Å². The molecule has 1 heterocycles. The largest absolute Gasteiger partial charge is 0.248 e. The van der Waals surface area contributed by atoms with Crippen molar-refractivity contribution in [3.05, 3.63) is 89.2 Å². The number of unbranched alkanes of at least 4 members (excludes halogenated alkanes) is 1. The fourth-order valence-corrected chi connectivity index (χ4v) is 2.62. The Morgan fingerprint density at radius 1 is 0.846 bits per heavy atom. The van der Waals surface area contributed by atoms with Crippen LogP contribution in [0, 0.1) is 23.6 Å². The lowest BCUT2D eigenvalue weighted by atomic mass is 10.0. The topological polar surface area (TPSA) is 12.9 Å². The number of hydrogen-bond acceptors (Lipinski definition) is 1. The number of benzene rings is 2. The molecule has 0 amide bonds. The first-order valence-corrected chi connectivity index (χ1v) is 8.68. The van der Waals surface area contributed by atoms with Gasteiger partial charge in [0.15, 0.2) is 5.82 Å². The number of hydrogen-bond donors (Lipinski definition) is 0. The zero-order valence-electron chi connectivity index (χ0n) is 14.6. The molecule has 0 aliphatic carbocycles. The van der Waals surface area contributed by atoms with Crippen LogP contribution in [-0.2, 0) is 6.42 Å². The average Bonchev–Trinajstić information content (AvgIpc) is 2.68. The van der Waals surface area contributed by atoms with Gasteiger partial charge in [0.1, 0.15) is 0 Å². The lowest BCUT2D eigenvalue weighted by Crippen LogP contribution is -1.90. The van der Waals surface area contributed by atoms with E-state index in [-0.39, 0.29) is 0 Å². The molecule has 3 rings (SSSR count). The fourth-order valence-electron chi connectivity index (χ4n) is 2.62. The van der Waals surface area contributed by atoms with Gasteiger partial charge in [0.05, 0.1) is 0 Å². The molecular formula is C23H19F2N. The first-order chi connectivity index (χ1) is 12.7. The summed E-state index contributed by atoms with van der Waals surface area (Å²) in [6.07, 6.45) is 4.75. The Labute approximate surface area is 152 Å². The van der Waals surface area contributed by atoms with Crippen LogP contribution in [0.15, 0.2) is 60.8 Å². The maximum atomic E-state index is 13.1. The molecule has 3 aromatic rings. The first kappa shape index (κ1) is 17.8. The molecule has 0 aliphatic heterocycles. The van der Waals surface area contributed by atoms with E-state index >= 15 is 0 Å². The summed E-state index contributed by atoms with van der Waals surface area (Å²) in [4.78, 5) is 3.33. The second kappa shape index (κ2) is 8.40. The van der Waals surface area contributed by atoms with E-state index in [0.717, 1.165) is 29.2 Å². The van der Waals surface area contributed by atoms with E-state index < -0.39 is 11.8 Å². The fraction of sp³-hybridized carbons (Fsp3) is 0.174. The van der Waals surface area contributed by atoms with Gasteiger partial charge in [-0.25, -0.2) is 9.37 Å². The number of rotatable bonds is 4. The van der Waals surface area contributed by atoms with Gasteiger partial charge in [0, 0.05) is 17.3 Å². The quantitative estimate of drug-likeness (QED) is 0.431. The van der Waals surface area contributed by atoms with E-state index in [2.05, 4.69) is 48.0 Å². The van der Waals surface area contributed by atoms with E-state index in [1.807, 2.05) is 24.3 Å². The molecule has 0 saturated carbocycles. The van der Waals surface area contributed by atoms with Crippen molar-refractivity contribution in [1.82, 2.24) is 4.98 Å². The normalized spacial score (nSPS) is 10.3. The van der Waals surface area contributed by atoms with Gasteiger partial charge >= 0.3 is 0 Å². The molecule has 0 fully saturated rings. The summed E-state index contributed by atoms with van der Waals surface area (Å²) < 4.78 is 26.0. The molecular weight excluding hydrogens is 328 g/mol. The van der Waals surface area contributed by atoms with Gasteiger partial charge in [-0.2, -0.15) is 4.39 Å². The second-order valence-electron chi connectivity index (χ2n) is 6.12. The van der Waals surface area contributed by atoms with E-state index in [1.54, 1.807) is 0 Å². The van der Waals surface area contributed by atoms with Gasteiger partial charge in [0.25, 0.3) is 0 Å². The Bertz CT molecular complexity index is 933. The lowest BCUT2D eigenvalue weighted by molar-refractivity contribution is 0.479. The molecule has 1 aromatic heterocycles. The van der Waals surface area contributed by atoms with E-state index in [1.165, 1.54) is 24.6 Å². The van der Waals surface area contributed by atoms with Crippen molar-refractivity contribution in [2.45, 2.75) is 26.2 Å². The molecule has 130 valence electrons. The standard InChI is InChI=1S/C23H19F2N/c1-2-3-4-17-7-11-20(12-8-17)21-13-9-18(10-14-21)5-6-19-15-22(24)23(25)26-16-19/h7-16H,2-4H2,1H3. The van der Waals surface area contributed by atoms with Crippen molar-refractivity contribution in [3.63, 3.8) is 0 Å². The van der Waals surface area contributed by atoms with E-state index in [4.69, 9.17) is 0 Å². The predicted octanol–water partition coefficient (Wildman–Crippen LogP) is 5.77. The Hall–Kier alpha value is -2.99. The summed E-state index contributed by atoms with van der Waals surface area (Å²) in [7, 11) is 0. The second-order valence-corrected chi connectivity index (χ2v) is 6.12. The molecule has 26 heavy (non-hydrogen) atoms. The minimum absolute atomic E-state index is 0.343. The third-order valence-electron chi connectivity index (χ3n) is 4.14. The molecule has 0 saturated heterocycles. The van der Waals surface area contributed by atoms with Crippen LogP contribution in [0.5, 0.6) is 0 Å². The zero-order chi connectivity index (χ0) is 18.4. The van der Waals surface area contributed by atoms with Crippen molar-refractivity contribution < 1.29 is 8.78 Å². The molecule has 0 N–H and O–H groups in total. The molecule has 0 atom stereocenters. The number of pyridine rings is 1. The van der Waals surface area contributed by atoms with Gasteiger partial charge < -0.3 is 0 Å². The molecule has 1 nitrogen and oxygen atoms in total. The van der Waals surface area contributed by atoms with Crippen molar-refractivity contribution >= 4 is 0 Å². The van der Waals surface area contributed by atoms with E-state index in [9.17, 15) is 8.78 Å². The Kier molecular flexibility index (Phi) is 5.76. The third kappa shape index (κ3) is 4.55. The van der Waals surface area contributed by atoms with E-state index in [0.29, 0.717) is 5.56 Å². The maximum absolute atomic E-state index is 13.1. The number of nitrogens with zero attached hydrogens (tertiary/aromatic N) is 1. The maximum Gasteiger partial charge on any atom is 0.248 e. The van der Waals surface area contributed by atoms with Crippen LogP contribution in [0.4, 0.5) is 8.78 Å².